The number of hydrogen-bond donors (Lipinski definition) is 1. The number of carbonyl (C=O) groups excluding carboxylic acids is 1. The van der Waals surface area contributed by atoms with Gasteiger partial charge in [0.05, 0.1) is 17.7 Å². The molecular formula is C20H20BrN3O3. The Morgan fingerprint density at radius 2 is 1.89 bits per heavy atom. The highest BCUT2D eigenvalue weighted by Gasteiger charge is 2.19. The molecule has 3 rings (SSSR count). The molecule has 0 unspecified atom stereocenters. The first-order valence-electron chi connectivity index (χ1n) is 8.60. The van der Waals surface area contributed by atoms with Crippen LogP contribution < -0.4 is 10.2 Å². The molecule has 0 spiro atoms. The molecule has 7 heteroatoms. The zero-order valence-corrected chi connectivity index (χ0v) is 16.8. The fourth-order valence-corrected chi connectivity index (χ4v) is 3.52. The van der Waals surface area contributed by atoms with Crippen molar-refractivity contribution in [3.63, 3.8) is 0 Å². The number of benzene rings is 1. The number of rotatable bonds is 4. The third-order valence-corrected chi connectivity index (χ3v) is 4.69. The summed E-state index contributed by atoms with van der Waals surface area (Å²) in [6, 6.07) is 9.44. The van der Waals surface area contributed by atoms with Crippen LogP contribution in [0.4, 0.5) is 11.6 Å². The van der Waals surface area contributed by atoms with Crippen LogP contribution in [0.2, 0.25) is 0 Å². The molecule has 27 heavy (non-hydrogen) atoms. The summed E-state index contributed by atoms with van der Waals surface area (Å²) in [6.45, 7) is 6.65. The van der Waals surface area contributed by atoms with Crippen LogP contribution in [0.3, 0.4) is 0 Å². The quantitative estimate of drug-likeness (QED) is 0.585. The molecule has 0 aliphatic carbocycles. The molecule has 1 aliphatic rings. The summed E-state index contributed by atoms with van der Waals surface area (Å²) in [5.74, 6) is 0.648. The molecule has 1 aliphatic heterocycles. The van der Waals surface area contributed by atoms with E-state index in [2.05, 4.69) is 26.1 Å². The highest BCUT2D eigenvalue weighted by atomic mass is 79.9. The number of carbonyl (C=O) groups is 1. The normalized spacial score (nSPS) is 14.7. The Hall–Kier alpha value is -2.56. The summed E-state index contributed by atoms with van der Waals surface area (Å²) in [5.41, 5.74) is 2.72. The standard InChI is InChI=1S/C20H20BrN3O3/c1-13-7-14(2)9-16(8-13)23-19(25)15(12-22)10-17-11-18(21)20(27-17)24-3-5-26-6-4-24/h7-11H,3-6H2,1-2H3,(H,23,25)/b15-10-. The van der Waals surface area contributed by atoms with Crippen molar-refractivity contribution >= 4 is 39.5 Å². The predicted molar refractivity (Wildman–Crippen MR) is 108 cm³/mol. The Kier molecular flexibility index (Phi) is 5.99. The minimum atomic E-state index is -0.469. The van der Waals surface area contributed by atoms with Crippen molar-refractivity contribution in [2.24, 2.45) is 0 Å². The van der Waals surface area contributed by atoms with Gasteiger partial charge in [-0.25, -0.2) is 0 Å². The first-order valence-corrected chi connectivity index (χ1v) is 9.39. The van der Waals surface area contributed by atoms with Crippen LogP contribution in [0.15, 0.2) is 38.7 Å². The molecule has 1 saturated heterocycles. The smallest absolute Gasteiger partial charge is 0.266 e. The van der Waals surface area contributed by atoms with Crippen molar-refractivity contribution in [2.75, 3.05) is 36.5 Å². The molecule has 0 radical (unpaired) electrons. The van der Waals surface area contributed by atoms with Crippen molar-refractivity contribution in [1.29, 1.82) is 5.26 Å². The minimum Gasteiger partial charge on any atom is -0.440 e. The van der Waals surface area contributed by atoms with Crippen LogP contribution in [0.5, 0.6) is 0 Å². The first kappa shape index (κ1) is 19.2. The lowest BCUT2D eigenvalue weighted by atomic mass is 10.1. The lowest BCUT2D eigenvalue weighted by molar-refractivity contribution is -0.112. The summed E-state index contributed by atoms with van der Waals surface area (Å²) >= 11 is 3.48. The molecule has 0 atom stereocenters. The van der Waals surface area contributed by atoms with E-state index < -0.39 is 5.91 Å². The van der Waals surface area contributed by atoms with E-state index in [0.29, 0.717) is 30.5 Å². The van der Waals surface area contributed by atoms with Gasteiger partial charge >= 0.3 is 0 Å². The van der Waals surface area contributed by atoms with Gasteiger partial charge in [-0.05, 0) is 53.0 Å². The second-order valence-corrected chi connectivity index (χ2v) is 7.26. The van der Waals surface area contributed by atoms with Crippen LogP contribution in [-0.2, 0) is 9.53 Å². The molecule has 1 fully saturated rings. The van der Waals surface area contributed by atoms with Crippen molar-refractivity contribution in [3.05, 3.63) is 51.2 Å². The topological polar surface area (TPSA) is 78.5 Å². The lowest BCUT2D eigenvalue weighted by Gasteiger charge is -2.26. The number of anilines is 2. The van der Waals surface area contributed by atoms with E-state index in [0.717, 1.165) is 28.7 Å². The van der Waals surface area contributed by atoms with E-state index >= 15 is 0 Å². The number of aryl methyl sites for hydroxylation is 2. The molecule has 2 heterocycles. The van der Waals surface area contributed by atoms with E-state index in [4.69, 9.17) is 9.15 Å². The largest absolute Gasteiger partial charge is 0.440 e. The van der Waals surface area contributed by atoms with Crippen LogP contribution in [0.1, 0.15) is 16.9 Å². The fraction of sp³-hybridized carbons (Fsp3) is 0.300. The summed E-state index contributed by atoms with van der Waals surface area (Å²) in [5, 5.41) is 12.2. The van der Waals surface area contributed by atoms with Gasteiger partial charge in [0, 0.05) is 30.9 Å². The number of halogens is 1. The molecule has 1 N–H and O–H groups in total. The van der Waals surface area contributed by atoms with Crippen LogP contribution >= 0.6 is 15.9 Å². The number of amides is 1. The number of nitrogens with one attached hydrogen (secondary N) is 1. The van der Waals surface area contributed by atoms with E-state index in [9.17, 15) is 10.1 Å². The average molecular weight is 430 g/mol. The van der Waals surface area contributed by atoms with Gasteiger partial charge in [-0.2, -0.15) is 5.26 Å². The number of nitrogens with zero attached hydrogens (tertiary/aromatic N) is 2. The molecule has 1 amide bonds. The van der Waals surface area contributed by atoms with Gasteiger partial charge in [-0.15, -0.1) is 0 Å². The van der Waals surface area contributed by atoms with Gasteiger partial charge in [0.25, 0.3) is 5.91 Å². The van der Waals surface area contributed by atoms with Crippen molar-refractivity contribution in [3.8, 4) is 6.07 Å². The van der Waals surface area contributed by atoms with Crippen LogP contribution in [0, 0.1) is 25.2 Å². The highest BCUT2D eigenvalue weighted by molar-refractivity contribution is 9.10. The fourth-order valence-electron chi connectivity index (χ4n) is 2.97. The SMILES string of the molecule is Cc1cc(C)cc(NC(=O)/C(C#N)=C\c2cc(Br)c(N3CCOCC3)o2)c1. The molecule has 2 aromatic rings. The van der Waals surface area contributed by atoms with E-state index in [1.165, 1.54) is 6.08 Å². The molecule has 0 bridgehead atoms. The average Bonchev–Trinajstić information content (AvgIpc) is 2.99. The monoisotopic (exact) mass is 429 g/mol. The Bertz CT molecular complexity index is 901. The van der Waals surface area contributed by atoms with Gasteiger partial charge in [-0.3, -0.25) is 4.79 Å². The zero-order valence-electron chi connectivity index (χ0n) is 15.2. The molecule has 6 nitrogen and oxygen atoms in total. The molecule has 1 aromatic heterocycles. The van der Waals surface area contributed by atoms with Crippen molar-refractivity contribution < 1.29 is 13.9 Å². The number of furan rings is 1. The van der Waals surface area contributed by atoms with Gasteiger partial charge in [-0.1, -0.05) is 6.07 Å². The number of hydrogen-bond acceptors (Lipinski definition) is 5. The molecule has 1 aromatic carbocycles. The maximum absolute atomic E-state index is 12.5. The Morgan fingerprint density at radius 3 is 2.52 bits per heavy atom. The molecular weight excluding hydrogens is 410 g/mol. The predicted octanol–water partition coefficient (Wildman–Crippen LogP) is 4.04. The third-order valence-electron chi connectivity index (χ3n) is 4.12. The summed E-state index contributed by atoms with van der Waals surface area (Å²) in [6.07, 6.45) is 1.45. The minimum absolute atomic E-state index is 0.0241. The van der Waals surface area contributed by atoms with Crippen LogP contribution in [0.25, 0.3) is 6.08 Å². The van der Waals surface area contributed by atoms with Gasteiger partial charge in [0.1, 0.15) is 17.4 Å². The number of nitriles is 1. The summed E-state index contributed by atoms with van der Waals surface area (Å²) in [4.78, 5) is 14.5. The molecule has 0 saturated carbocycles. The first-order chi connectivity index (χ1) is 13.0. The number of morpholine rings is 1. The maximum Gasteiger partial charge on any atom is 0.266 e. The Morgan fingerprint density at radius 1 is 1.22 bits per heavy atom. The van der Waals surface area contributed by atoms with Gasteiger partial charge < -0.3 is 19.4 Å². The maximum atomic E-state index is 12.5. The van der Waals surface area contributed by atoms with E-state index in [1.807, 2.05) is 38.1 Å². The van der Waals surface area contributed by atoms with Gasteiger partial charge in [0.2, 0.25) is 5.88 Å². The Labute approximate surface area is 166 Å². The Balaban J connectivity index is 1.79. The molecule has 140 valence electrons. The van der Waals surface area contributed by atoms with Crippen molar-refractivity contribution in [2.45, 2.75) is 13.8 Å². The van der Waals surface area contributed by atoms with E-state index in [1.54, 1.807) is 6.07 Å². The van der Waals surface area contributed by atoms with Crippen LogP contribution in [-0.4, -0.2) is 32.2 Å². The second-order valence-electron chi connectivity index (χ2n) is 6.40. The summed E-state index contributed by atoms with van der Waals surface area (Å²) < 4.78 is 12.0. The second kappa shape index (κ2) is 8.42. The number of ether oxygens (including phenoxy) is 1. The zero-order chi connectivity index (χ0) is 19.4. The third kappa shape index (κ3) is 4.79. The van der Waals surface area contributed by atoms with E-state index in [-0.39, 0.29) is 5.57 Å². The highest BCUT2D eigenvalue weighted by Crippen LogP contribution is 2.32. The van der Waals surface area contributed by atoms with Crippen molar-refractivity contribution in [1.82, 2.24) is 0 Å². The van der Waals surface area contributed by atoms with Gasteiger partial charge in [0.15, 0.2) is 0 Å². The summed E-state index contributed by atoms with van der Waals surface area (Å²) in [7, 11) is 0. The lowest BCUT2D eigenvalue weighted by Crippen LogP contribution is -2.36.